The molecule has 0 aliphatic rings. The van der Waals surface area contributed by atoms with Gasteiger partial charge in [-0.3, -0.25) is 10.1 Å². The molecule has 20 heavy (non-hydrogen) atoms. The van der Waals surface area contributed by atoms with Crippen molar-refractivity contribution in [2.45, 2.75) is 13.0 Å². The molecule has 0 radical (unpaired) electrons. The minimum Gasteiger partial charge on any atom is -0.487 e. The molecular formula is C13H20N2O5. The Morgan fingerprint density at radius 2 is 2.15 bits per heavy atom. The monoisotopic (exact) mass is 284 g/mol. The second-order valence-electron chi connectivity index (χ2n) is 4.07. The van der Waals surface area contributed by atoms with Crippen molar-refractivity contribution in [2.75, 3.05) is 39.3 Å². The Balaban J connectivity index is 2.76. The van der Waals surface area contributed by atoms with E-state index < -0.39 is 4.92 Å². The number of anilines is 1. The second kappa shape index (κ2) is 8.34. The first-order valence-corrected chi connectivity index (χ1v) is 6.29. The Morgan fingerprint density at radius 3 is 2.70 bits per heavy atom. The van der Waals surface area contributed by atoms with E-state index >= 15 is 0 Å². The Labute approximate surface area is 118 Å². The summed E-state index contributed by atoms with van der Waals surface area (Å²) in [6.07, 6.45) is -0.0919. The molecule has 0 aliphatic carbocycles. The largest absolute Gasteiger partial charge is 0.487 e. The fourth-order valence-electron chi connectivity index (χ4n) is 1.67. The molecule has 0 spiro atoms. The summed E-state index contributed by atoms with van der Waals surface area (Å²) in [6.45, 7) is 3.15. The lowest BCUT2D eigenvalue weighted by Crippen LogP contribution is -2.26. The Hall–Kier alpha value is -1.86. The highest BCUT2D eigenvalue weighted by atomic mass is 16.6. The van der Waals surface area contributed by atoms with Crippen LogP contribution >= 0.6 is 0 Å². The maximum atomic E-state index is 10.9. The summed E-state index contributed by atoms with van der Waals surface area (Å²) in [7, 11) is 3.21. The maximum absolute atomic E-state index is 10.9. The fourth-order valence-corrected chi connectivity index (χ4v) is 1.67. The molecule has 0 aliphatic heterocycles. The number of nitrogens with one attached hydrogen (secondary N) is 1. The summed E-state index contributed by atoms with van der Waals surface area (Å²) >= 11 is 0. The number of hydrogen-bond acceptors (Lipinski definition) is 6. The van der Waals surface area contributed by atoms with E-state index in [2.05, 4.69) is 5.32 Å². The number of methoxy groups -OCH3 is 2. The highest BCUT2D eigenvalue weighted by Crippen LogP contribution is 2.30. The number of ether oxygens (including phenoxy) is 3. The van der Waals surface area contributed by atoms with Crippen molar-refractivity contribution in [3.8, 4) is 5.75 Å². The quantitative estimate of drug-likeness (QED) is 0.552. The van der Waals surface area contributed by atoms with Gasteiger partial charge in [-0.25, -0.2) is 0 Å². The third kappa shape index (κ3) is 4.67. The van der Waals surface area contributed by atoms with Gasteiger partial charge in [-0.2, -0.15) is 0 Å². The number of benzene rings is 1. The molecule has 0 bridgehead atoms. The summed E-state index contributed by atoms with van der Waals surface area (Å²) < 4.78 is 15.5. The molecule has 1 rings (SSSR count). The van der Waals surface area contributed by atoms with Crippen LogP contribution in [-0.4, -0.2) is 45.0 Å². The van der Waals surface area contributed by atoms with E-state index in [1.807, 2.05) is 0 Å². The first-order valence-electron chi connectivity index (χ1n) is 6.29. The number of rotatable bonds is 9. The topological polar surface area (TPSA) is 82.9 Å². The number of nitro benzene ring substituents is 1. The van der Waals surface area contributed by atoms with E-state index in [4.69, 9.17) is 14.2 Å². The van der Waals surface area contributed by atoms with E-state index in [0.29, 0.717) is 19.8 Å². The smallest absolute Gasteiger partial charge is 0.311 e. The standard InChI is InChI=1S/C13H20N2O5/c1-4-20-13-7-10(5-6-12(13)15(16)17)14-8-11(19-3)9-18-2/h5-7,11,14H,4,8-9H2,1-3H3. The van der Waals surface area contributed by atoms with Crippen molar-refractivity contribution in [2.24, 2.45) is 0 Å². The van der Waals surface area contributed by atoms with Gasteiger partial charge in [0.2, 0.25) is 0 Å². The molecular weight excluding hydrogens is 264 g/mol. The lowest BCUT2D eigenvalue weighted by atomic mass is 10.2. The van der Waals surface area contributed by atoms with Crippen molar-refractivity contribution in [3.63, 3.8) is 0 Å². The molecule has 112 valence electrons. The van der Waals surface area contributed by atoms with Gasteiger partial charge in [-0.1, -0.05) is 0 Å². The van der Waals surface area contributed by atoms with E-state index in [0.717, 1.165) is 5.69 Å². The summed E-state index contributed by atoms with van der Waals surface area (Å²) in [5, 5.41) is 14.0. The molecule has 7 nitrogen and oxygen atoms in total. The zero-order chi connectivity index (χ0) is 15.0. The summed E-state index contributed by atoms with van der Waals surface area (Å²) in [6, 6.07) is 4.67. The number of nitrogens with zero attached hydrogens (tertiary/aromatic N) is 1. The first kappa shape index (κ1) is 16.2. The first-order chi connectivity index (χ1) is 9.62. The molecule has 1 atom stereocenters. The molecule has 0 aromatic heterocycles. The van der Waals surface area contributed by atoms with Crippen LogP contribution in [0.25, 0.3) is 0 Å². The molecule has 1 aromatic rings. The SMILES string of the molecule is CCOc1cc(NCC(COC)OC)ccc1[N+](=O)[O-]. The highest BCUT2D eigenvalue weighted by Gasteiger charge is 2.15. The second-order valence-corrected chi connectivity index (χ2v) is 4.07. The van der Waals surface area contributed by atoms with Gasteiger partial charge in [0.15, 0.2) is 5.75 Å². The molecule has 0 amide bonds. The molecule has 1 N–H and O–H groups in total. The van der Waals surface area contributed by atoms with Crippen molar-refractivity contribution in [3.05, 3.63) is 28.3 Å². The third-order valence-electron chi connectivity index (χ3n) is 2.68. The number of nitro groups is 1. The van der Waals surface area contributed by atoms with E-state index in [1.54, 1.807) is 33.3 Å². The van der Waals surface area contributed by atoms with Gasteiger partial charge >= 0.3 is 5.69 Å². The Kier molecular flexibility index (Phi) is 6.75. The molecule has 0 fully saturated rings. The molecule has 0 saturated heterocycles. The average molecular weight is 284 g/mol. The summed E-state index contributed by atoms with van der Waals surface area (Å²) in [5.74, 6) is 0.253. The normalized spacial score (nSPS) is 11.9. The van der Waals surface area contributed by atoms with Crippen LogP contribution in [0.2, 0.25) is 0 Å². The van der Waals surface area contributed by atoms with Crippen molar-refractivity contribution in [1.29, 1.82) is 0 Å². The fraction of sp³-hybridized carbons (Fsp3) is 0.538. The van der Waals surface area contributed by atoms with Crippen LogP contribution < -0.4 is 10.1 Å². The van der Waals surface area contributed by atoms with Crippen molar-refractivity contribution < 1.29 is 19.1 Å². The van der Waals surface area contributed by atoms with Crippen LogP contribution in [0, 0.1) is 10.1 Å². The van der Waals surface area contributed by atoms with E-state index in [9.17, 15) is 10.1 Å². The Bertz CT molecular complexity index is 439. The van der Waals surface area contributed by atoms with Crippen LogP contribution in [0.15, 0.2) is 18.2 Å². The van der Waals surface area contributed by atoms with Gasteiger partial charge in [0.05, 0.1) is 24.2 Å². The Morgan fingerprint density at radius 1 is 1.40 bits per heavy atom. The van der Waals surface area contributed by atoms with Crippen LogP contribution in [0.3, 0.4) is 0 Å². The third-order valence-corrected chi connectivity index (χ3v) is 2.68. The number of hydrogen-bond donors (Lipinski definition) is 1. The predicted molar refractivity (Wildman–Crippen MR) is 75.4 cm³/mol. The van der Waals surface area contributed by atoms with Crippen molar-refractivity contribution in [1.82, 2.24) is 0 Å². The van der Waals surface area contributed by atoms with Crippen LogP contribution in [0.1, 0.15) is 6.92 Å². The van der Waals surface area contributed by atoms with Gasteiger partial charge in [-0.15, -0.1) is 0 Å². The minimum atomic E-state index is -0.461. The summed E-state index contributed by atoms with van der Waals surface area (Å²) in [5.41, 5.74) is 0.690. The van der Waals surface area contributed by atoms with Gasteiger partial charge in [-0.05, 0) is 13.0 Å². The van der Waals surface area contributed by atoms with E-state index in [1.165, 1.54) is 6.07 Å². The van der Waals surface area contributed by atoms with Crippen LogP contribution in [0.5, 0.6) is 5.75 Å². The average Bonchev–Trinajstić information content (AvgIpc) is 2.43. The van der Waals surface area contributed by atoms with Gasteiger partial charge in [0.1, 0.15) is 0 Å². The maximum Gasteiger partial charge on any atom is 0.311 e. The molecule has 0 saturated carbocycles. The molecule has 1 unspecified atom stereocenters. The van der Waals surface area contributed by atoms with Gasteiger partial charge in [0, 0.05) is 38.6 Å². The zero-order valence-electron chi connectivity index (χ0n) is 11.9. The van der Waals surface area contributed by atoms with Crippen molar-refractivity contribution >= 4 is 11.4 Å². The van der Waals surface area contributed by atoms with Crippen LogP contribution in [-0.2, 0) is 9.47 Å². The van der Waals surface area contributed by atoms with Gasteiger partial charge < -0.3 is 19.5 Å². The zero-order valence-corrected chi connectivity index (χ0v) is 11.9. The highest BCUT2D eigenvalue weighted by molar-refractivity contribution is 5.58. The van der Waals surface area contributed by atoms with Gasteiger partial charge in [0.25, 0.3) is 0 Å². The lowest BCUT2D eigenvalue weighted by Gasteiger charge is -2.16. The lowest BCUT2D eigenvalue weighted by molar-refractivity contribution is -0.385. The molecule has 0 heterocycles. The molecule has 7 heteroatoms. The predicted octanol–water partition coefficient (Wildman–Crippen LogP) is 2.07. The minimum absolute atomic E-state index is 0.0439. The molecule has 1 aromatic carbocycles. The van der Waals surface area contributed by atoms with Crippen LogP contribution in [0.4, 0.5) is 11.4 Å². The van der Waals surface area contributed by atoms with E-state index in [-0.39, 0.29) is 17.5 Å². The summed E-state index contributed by atoms with van der Waals surface area (Å²) in [4.78, 5) is 10.4.